The first-order valence-electron chi connectivity index (χ1n) is 12.8. The van der Waals surface area contributed by atoms with Crippen LogP contribution in [0.25, 0.3) is 22.6 Å². The SMILES string of the molecule is CN(c1cc(-c2nnc([C@](C)(N)Cc3ccccc3)o2)cc(-c2ccccc2CNCCC(F)(F)F)c1)S(C)(=O)=O. The Bertz CT molecular complexity index is 1590. The van der Waals surface area contributed by atoms with Crippen molar-refractivity contribution >= 4 is 15.7 Å². The van der Waals surface area contributed by atoms with Gasteiger partial charge in [-0.25, -0.2) is 8.42 Å². The van der Waals surface area contributed by atoms with E-state index in [4.69, 9.17) is 10.2 Å². The van der Waals surface area contributed by atoms with E-state index in [1.807, 2.05) is 36.4 Å². The Balaban J connectivity index is 1.71. The summed E-state index contributed by atoms with van der Waals surface area (Å²) in [5, 5.41) is 11.2. The fraction of sp³-hybridized carbons (Fsp3) is 0.310. The lowest BCUT2D eigenvalue weighted by molar-refractivity contribution is -0.133. The molecule has 0 spiro atoms. The summed E-state index contributed by atoms with van der Waals surface area (Å²) >= 11 is 0. The number of anilines is 1. The van der Waals surface area contributed by atoms with Gasteiger partial charge in [-0.05, 0) is 53.8 Å². The predicted molar refractivity (Wildman–Crippen MR) is 152 cm³/mol. The molecule has 41 heavy (non-hydrogen) atoms. The molecule has 4 rings (SSSR count). The number of sulfonamides is 1. The summed E-state index contributed by atoms with van der Waals surface area (Å²) in [4.78, 5) is 0. The molecule has 0 saturated heterocycles. The highest BCUT2D eigenvalue weighted by Crippen LogP contribution is 2.35. The smallest absolute Gasteiger partial charge is 0.390 e. The van der Waals surface area contributed by atoms with Crippen LogP contribution in [-0.2, 0) is 28.5 Å². The summed E-state index contributed by atoms with van der Waals surface area (Å²) in [5.41, 5.74) is 9.48. The summed E-state index contributed by atoms with van der Waals surface area (Å²) in [5.74, 6) is 0.365. The summed E-state index contributed by atoms with van der Waals surface area (Å²) in [6, 6.07) is 22.0. The second-order valence-corrected chi connectivity index (χ2v) is 12.2. The summed E-state index contributed by atoms with van der Waals surface area (Å²) in [6.07, 6.45) is -3.66. The Morgan fingerprint density at radius 3 is 2.32 bits per heavy atom. The molecule has 0 aliphatic carbocycles. The van der Waals surface area contributed by atoms with Crippen molar-refractivity contribution in [1.82, 2.24) is 15.5 Å². The molecule has 0 saturated carbocycles. The first-order chi connectivity index (χ1) is 19.2. The van der Waals surface area contributed by atoms with Crippen molar-refractivity contribution in [3.8, 4) is 22.6 Å². The molecule has 218 valence electrons. The molecule has 3 aromatic carbocycles. The number of nitrogens with two attached hydrogens (primary N) is 1. The number of aromatic nitrogens is 2. The molecule has 0 radical (unpaired) electrons. The van der Waals surface area contributed by atoms with Crippen molar-refractivity contribution in [2.75, 3.05) is 24.2 Å². The minimum absolute atomic E-state index is 0.149. The summed E-state index contributed by atoms with van der Waals surface area (Å²) in [7, 11) is -2.19. The third-order valence-corrected chi connectivity index (χ3v) is 7.79. The van der Waals surface area contributed by atoms with Crippen LogP contribution in [0.2, 0.25) is 0 Å². The average molecular weight is 588 g/mol. The van der Waals surface area contributed by atoms with Crippen molar-refractivity contribution in [2.24, 2.45) is 5.73 Å². The monoisotopic (exact) mass is 587 g/mol. The average Bonchev–Trinajstić information content (AvgIpc) is 3.42. The molecule has 4 aromatic rings. The lowest BCUT2D eigenvalue weighted by atomic mass is 9.94. The van der Waals surface area contributed by atoms with E-state index in [2.05, 4.69) is 15.5 Å². The van der Waals surface area contributed by atoms with Crippen LogP contribution in [0.3, 0.4) is 0 Å². The van der Waals surface area contributed by atoms with Crippen LogP contribution in [0.1, 0.15) is 30.4 Å². The third kappa shape index (κ3) is 7.93. The zero-order valence-corrected chi connectivity index (χ0v) is 23.8. The first-order valence-corrected chi connectivity index (χ1v) is 14.7. The van der Waals surface area contributed by atoms with E-state index in [1.54, 1.807) is 43.3 Å². The van der Waals surface area contributed by atoms with Crippen LogP contribution >= 0.6 is 0 Å². The van der Waals surface area contributed by atoms with E-state index in [0.717, 1.165) is 21.7 Å². The Hall–Kier alpha value is -3.74. The minimum atomic E-state index is -4.25. The fourth-order valence-corrected chi connectivity index (χ4v) is 4.83. The molecule has 1 atom stereocenters. The predicted octanol–water partition coefficient (Wildman–Crippen LogP) is 5.26. The molecule has 1 heterocycles. The molecule has 0 amide bonds. The van der Waals surface area contributed by atoms with Gasteiger partial charge in [0.1, 0.15) is 0 Å². The highest BCUT2D eigenvalue weighted by atomic mass is 32.2. The fourth-order valence-electron chi connectivity index (χ4n) is 4.34. The second kappa shape index (κ2) is 12.0. The van der Waals surface area contributed by atoms with E-state index in [-0.39, 0.29) is 24.9 Å². The van der Waals surface area contributed by atoms with Gasteiger partial charge in [-0.3, -0.25) is 4.31 Å². The Kier molecular flexibility index (Phi) is 8.86. The molecule has 12 heteroatoms. The summed E-state index contributed by atoms with van der Waals surface area (Å²) in [6.45, 7) is 1.74. The van der Waals surface area contributed by atoms with Crippen LogP contribution in [-0.4, -0.2) is 44.6 Å². The van der Waals surface area contributed by atoms with Crippen molar-refractivity contribution < 1.29 is 26.0 Å². The molecule has 0 aliphatic rings. The maximum atomic E-state index is 12.6. The lowest BCUT2D eigenvalue weighted by Crippen LogP contribution is -2.35. The molecule has 0 fully saturated rings. The number of rotatable bonds is 11. The number of halogens is 3. The van der Waals surface area contributed by atoms with E-state index in [0.29, 0.717) is 28.8 Å². The maximum absolute atomic E-state index is 12.6. The van der Waals surface area contributed by atoms with Crippen molar-refractivity contribution in [3.63, 3.8) is 0 Å². The Labute approximate surface area is 237 Å². The van der Waals surface area contributed by atoms with Crippen LogP contribution in [0.15, 0.2) is 77.2 Å². The van der Waals surface area contributed by atoms with Crippen LogP contribution in [0.5, 0.6) is 0 Å². The van der Waals surface area contributed by atoms with Crippen LogP contribution in [0, 0.1) is 0 Å². The van der Waals surface area contributed by atoms with E-state index >= 15 is 0 Å². The van der Waals surface area contributed by atoms with Crippen molar-refractivity contribution in [2.45, 2.75) is 38.0 Å². The van der Waals surface area contributed by atoms with Gasteiger partial charge in [0, 0.05) is 25.7 Å². The first kappa shape index (κ1) is 30.2. The van der Waals surface area contributed by atoms with Crippen molar-refractivity contribution in [1.29, 1.82) is 0 Å². The van der Waals surface area contributed by atoms with Gasteiger partial charge in [-0.2, -0.15) is 13.2 Å². The third-order valence-electron chi connectivity index (χ3n) is 6.58. The maximum Gasteiger partial charge on any atom is 0.390 e. The van der Waals surface area contributed by atoms with E-state index < -0.39 is 28.2 Å². The van der Waals surface area contributed by atoms with E-state index in [9.17, 15) is 21.6 Å². The number of nitrogens with zero attached hydrogens (tertiary/aromatic N) is 3. The van der Waals surface area contributed by atoms with Crippen molar-refractivity contribution in [3.05, 3.63) is 89.8 Å². The molecule has 8 nitrogen and oxygen atoms in total. The quantitative estimate of drug-likeness (QED) is 0.230. The van der Waals surface area contributed by atoms with Gasteiger partial charge in [-0.1, -0.05) is 54.6 Å². The molecule has 3 N–H and O–H groups in total. The standard InChI is InChI=1S/C29H32F3N5O3S/c1-28(33,18-20-9-5-4-6-10-20)27-36-35-26(40-27)23-15-22(16-24(17-23)37(2)41(3,38)39)25-12-8-7-11-21(25)19-34-14-13-29(30,31)32/h4-12,15-17,34H,13-14,18-19,33H2,1-3H3/t28-/m1/s1. The lowest BCUT2D eigenvalue weighted by Gasteiger charge is -2.20. The molecule has 0 bridgehead atoms. The molecule has 0 aliphatic heterocycles. The van der Waals surface area contributed by atoms with Crippen LogP contribution in [0.4, 0.5) is 18.9 Å². The zero-order chi connectivity index (χ0) is 29.8. The van der Waals surface area contributed by atoms with E-state index in [1.165, 1.54) is 7.05 Å². The van der Waals surface area contributed by atoms with Gasteiger partial charge in [0.2, 0.25) is 21.8 Å². The molecular weight excluding hydrogens is 555 g/mol. The van der Waals surface area contributed by atoms with Gasteiger partial charge in [0.15, 0.2) is 0 Å². The Morgan fingerprint density at radius 2 is 1.63 bits per heavy atom. The molecular formula is C29H32F3N5O3S. The van der Waals surface area contributed by atoms with Gasteiger partial charge >= 0.3 is 6.18 Å². The van der Waals surface area contributed by atoms with Gasteiger partial charge in [0.05, 0.1) is 23.9 Å². The second-order valence-electron chi connectivity index (χ2n) is 10.2. The molecule has 0 unspecified atom stereocenters. The number of benzene rings is 3. The Morgan fingerprint density at radius 1 is 0.976 bits per heavy atom. The highest BCUT2D eigenvalue weighted by Gasteiger charge is 2.29. The van der Waals surface area contributed by atoms with Gasteiger partial charge in [0.25, 0.3) is 0 Å². The molecule has 1 aromatic heterocycles. The number of nitrogens with one attached hydrogen (secondary N) is 1. The van der Waals surface area contributed by atoms with Crippen LogP contribution < -0.4 is 15.4 Å². The number of hydrogen-bond acceptors (Lipinski definition) is 7. The normalized spacial score (nSPS) is 13.6. The topological polar surface area (TPSA) is 114 Å². The number of alkyl halides is 3. The number of hydrogen-bond donors (Lipinski definition) is 2. The van der Waals surface area contributed by atoms with Gasteiger partial charge < -0.3 is 15.5 Å². The minimum Gasteiger partial charge on any atom is -0.419 e. The largest absolute Gasteiger partial charge is 0.419 e. The zero-order valence-electron chi connectivity index (χ0n) is 22.9. The highest BCUT2D eigenvalue weighted by molar-refractivity contribution is 7.92. The summed E-state index contributed by atoms with van der Waals surface area (Å²) < 4.78 is 69.8. The van der Waals surface area contributed by atoms with Gasteiger partial charge in [-0.15, -0.1) is 10.2 Å².